The third-order valence-corrected chi connectivity index (χ3v) is 5.54. The first-order valence-corrected chi connectivity index (χ1v) is 9.88. The zero-order valence-corrected chi connectivity index (χ0v) is 16.0. The number of carbonyl (C=O) groups excluding carboxylic acids is 2. The molecule has 25 heavy (non-hydrogen) atoms. The average molecular weight is 362 g/mol. The molecular weight excluding hydrogens is 336 g/mol. The highest BCUT2D eigenvalue weighted by Gasteiger charge is 2.42. The Morgan fingerprint density at radius 3 is 2.76 bits per heavy atom. The Morgan fingerprint density at radius 2 is 2.12 bits per heavy atom. The van der Waals surface area contributed by atoms with Crippen molar-refractivity contribution in [2.75, 3.05) is 26.2 Å². The quantitative estimate of drug-likeness (QED) is 0.730. The molecule has 1 fully saturated rings. The van der Waals surface area contributed by atoms with E-state index in [9.17, 15) is 9.59 Å². The molecule has 5 nitrogen and oxygen atoms in total. The third kappa shape index (κ3) is 3.80. The van der Waals surface area contributed by atoms with Crippen molar-refractivity contribution in [1.29, 1.82) is 0 Å². The molecule has 2 aliphatic rings. The summed E-state index contributed by atoms with van der Waals surface area (Å²) < 4.78 is 5.55. The van der Waals surface area contributed by atoms with Crippen molar-refractivity contribution in [3.8, 4) is 0 Å². The zero-order valence-electron chi connectivity index (χ0n) is 15.2. The standard InChI is InChI=1S/C19H26N2O3S/c1-13(2)24-10-9-21-18(22)16(15-7-5-11-25-15)17(19(21)23)20-8-4-6-14(3)12-20/h5,7,11,13-14H,4,6,8-10,12H2,1-3H3. The van der Waals surface area contributed by atoms with Gasteiger partial charge in [-0.1, -0.05) is 13.0 Å². The van der Waals surface area contributed by atoms with E-state index in [1.165, 1.54) is 22.7 Å². The van der Waals surface area contributed by atoms with E-state index in [0.717, 1.165) is 24.4 Å². The van der Waals surface area contributed by atoms with E-state index < -0.39 is 0 Å². The predicted octanol–water partition coefficient (Wildman–Crippen LogP) is 2.98. The maximum absolute atomic E-state index is 13.1. The van der Waals surface area contributed by atoms with Crippen LogP contribution >= 0.6 is 11.3 Å². The van der Waals surface area contributed by atoms with Crippen LogP contribution in [0.2, 0.25) is 0 Å². The van der Waals surface area contributed by atoms with Crippen LogP contribution in [0, 0.1) is 5.92 Å². The first-order valence-electron chi connectivity index (χ1n) is 9.00. The van der Waals surface area contributed by atoms with Gasteiger partial charge in [-0.3, -0.25) is 14.5 Å². The van der Waals surface area contributed by atoms with E-state index in [0.29, 0.717) is 30.3 Å². The first-order chi connectivity index (χ1) is 12.0. The number of rotatable bonds is 6. The Morgan fingerprint density at radius 1 is 1.32 bits per heavy atom. The maximum atomic E-state index is 13.1. The molecule has 3 rings (SSSR count). The summed E-state index contributed by atoms with van der Waals surface area (Å²) in [5, 5.41) is 1.95. The minimum atomic E-state index is -0.187. The van der Waals surface area contributed by atoms with Gasteiger partial charge < -0.3 is 9.64 Å². The van der Waals surface area contributed by atoms with Crippen LogP contribution < -0.4 is 0 Å². The summed E-state index contributed by atoms with van der Waals surface area (Å²) in [7, 11) is 0. The highest BCUT2D eigenvalue weighted by molar-refractivity contribution is 7.11. The summed E-state index contributed by atoms with van der Waals surface area (Å²) in [6, 6.07) is 3.85. The van der Waals surface area contributed by atoms with Crippen LogP contribution in [-0.2, 0) is 14.3 Å². The lowest BCUT2D eigenvalue weighted by molar-refractivity contribution is -0.138. The van der Waals surface area contributed by atoms with Crippen LogP contribution in [0.1, 0.15) is 38.5 Å². The van der Waals surface area contributed by atoms with E-state index in [-0.39, 0.29) is 17.9 Å². The average Bonchev–Trinajstić information content (AvgIpc) is 3.16. The second-order valence-corrected chi connectivity index (χ2v) is 8.02. The SMILES string of the molecule is CC1CCCN(C2=C(c3cccs3)C(=O)N(CCOC(C)C)C2=O)C1. The molecule has 0 saturated carbocycles. The van der Waals surface area contributed by atoms with Gasteiger partial charge in [-0.25, -0.2) is 0 Å². The largest absolute Gasteiger partial charge is 0.377 e. The number of thiophene rings is 1. The molecule has 1 aromatic rings. The van der Waals surface area contributed by atoms with Gasteiger partial charge in [-0.2, -0.15) is 0 Å². The summed E-state index contributed by atoms with van der Waals surface area (Å²) >= 11 is 1.51. The van der Waals surface area contributed by atoms with E-state index in [1.807, 2.05) is 31.4 Å². The van der Waals surface area contributed by atoms with Crippen molar-refractivity contribution >= 4 is 28.7 Å². The molecule has 0 N–H and O–H groups in total. The topological polar surface area (TPSA) is 49.9 Å². The molecule has 1 saturated heterocycles. The summed E-state index contributed by atoms with van der Waals surface area (Å²) in [4.78, 5) is 30.4. The summed E-state index contributed by atoms with van der Waals surface area (Å²) in [5.41, 5.74) is 1.15. The molecule has 0 radical (unpaired) electrons. The van der Waals surface area contributed by atoms with Crippen molar-refractivity contribution in [3.63, 3.8) is 0 Å². The Hall–Kier alpha value is -1.66. The van der Waals surface area contributed by atoms with Crippen LogP contribution in [0.4, 0.5) is 0 Å². The molecular formula is C19H26N2O3S. The second kappa shape index (κ2) is 7.70. The van der Waals surface area contributed by atoms with Crippen LogP contribution in [0.3, 0.4) is 0 Å². The number of hydrogen-bond donors (Lipinski definition) is 0. The molecule has 1 unspecified atom stereocenters. The first kappa shape index (κ1) is 18.1. The number of likely N-dealkylation sites (tertiary alicyclic amines) is 1. The molecule has 2 amide bonds. The molecule has 3 heterocycles. The smallest absolute Gasteiger partial charge is 0.277 e. The molecule has 2 aliphatic heterocycles. The van der Waals surface area contributed by atoms with Gasteiger partial charge in [-0.15, -0.1) is 11.3 Å². The number of carbonyl (C=O) groups is 2. The fourth-order valence-corrected chi connectivity index (χ4v) is 4.24. The lowest BCUT2D eigenvalue weighted by Gasteiger charge is -2.33. The number of imide groups is 1. The minimum Gasteiger partial charge on any atom is -0.377 e. The van der Waals surface area contributed by atoms with Crippen LogP contribution in [-0.4, -0.2) is 54.0 Å². The van der Waals surface area contributed by atoms with Crippen molar-refractivity contribution in [2.45, 2.75) is 39.7 Å². The van der Waals surface area contributed by atoms with Gasteiger partial charge in [0.05, 0.1) is 24.8 Å². The molecule has 0 aliphatic carbocycles. The van der Waals surface area contributed by atoms with Crippen molar-refractivity contribution in [1.82, 2.24) is 9.80 Å². The summed E-state index contributed by atoms with van der Waals surface area (Å²) in [5.74, 6) is 0.176. The van der Waals surface area contributed by atoms with Gasteiger partial charge in [0.25, 0.3) is 11.8 Å². The van der Waals surface area contributed by atoms with Gasteiger partial charge in [0, 0.05) is 18.0 Å². The fraction of sp³-hybridized carbons (Fsp3) is 0.579. The molecule has 0 aromatic carbocycles. The Bertz CT molecular complexity index is 666. The normalized spacial score (nSPS) is 21.8. The number of amides is 2. The molecule has 0 spiro atoms. The lowest BCUT2D eigenvalue weighted by Crippen LogP contribution is -2.40. The van der Waals surface area contributed by atoms with E-state index in [2.05, 4.69) is 11.8 Å². The monoisotopic (exact) mass is 362 g/mol. The van der Waals surface area contributed by atoms with Gasteiger partial charge in [0.1, 0.15) is 5.70 Å². The van der Waals surface area contributed by atoms with Gasteiger partial charge in [-0.05, 0) is 44.1 Å². The molecule has 1 atom stereocenters. The van der Waals surface area contributed by atoms with Gasteiger partial charge in [0.2, 0.25) is 0 Å². The molecule has 0 bridgehead atoms. The highest BCUT2D eigenvalue weighted by atomic mass is 32.1. The molecule has 6 heteroatoms. The Kier molecular flexibility index (Phi) is 5.59. The Labute approximate surface area is 153 Å². The van der Waals surface area contributed by atoms with Crippen molar-refractivity contribution < 1.29 is 14.3 Å². The Balaban J connectivity index is 1.89. The highest BCUT2D eigenvalue weighted by Crippen LogP contribution is 2.35. The molecule has 136 valence electrons. The number of nitrogens with zero attached hydrogens (tertiary/aromatic N) is 2. The van der Waals surface area contributed by atoms with Crippen molar-refractivity contribution in [3.05, 3.63) is 28.1 Å². The molecule has 1 aromatic heterocycles. The van der Waals surface area contributed by atoms with Crippen LogP contribution in [0.15, 0.2) is 23.2 Å². The van der Waals surface area contributed by atoms with E-state index in [1.54, 1.807) is 0 Å². The number of ether oxygens (including phenoxy) is 1. The number of piperidine rings is 1. The van der Waals surface area contributed by atoms with Gasteiger partial charge >= 0.3 is 0 Å². The van der Waals surface area contributed by atoms with Gasteiger partial charge in [0.15, 0.2) is 0 Å². The van der Waals surface area contributed by atoms with Crippen LogP contribution in [0.25, 0.3) is 5.57 Å². The fourth-order valence-electron chi connectivity index (χ4n) is 3.47. The van der Waals surface area contributed by atoms with E-state index in [4.69, 9.17) is 4.74 Å². The summed E-state index contributed by atoms with van der Waals surface area (Å²) in [6.45, 7) is 8.44. The maximum Gasteiger partial charge on any atom is 0.277 e. The number of hydrogen-bond acceptors (Lipinski definition) is 5. The van der Waals surface area contributed by atoms with Crippen molar-refractivity contribution in [2.24, 2.45) is 5.92 Å². The minimum absolute atomic E-state index is 0.0833. The second-order valence-electron chi connectivity index (χ2n) is 7.08. The predicted molar refractivity (Wildman–Crippen MR) is 99.0 cm³/mol. The van der Waals surface area contributed by atoms with Crippen LogP contribution in [0.5, 0.6) is 0 Å². The zero-order chi connectivity index (χ0) is 18.0. The summed E-state index contributed by atoms with van der Waals surface area (Å²) in [6.07, 6.45) is 2.31. The third-order valence-electron chi connectivity index (χ3n) is 4.65. The van der Waals surface area contributed by atoms with E-state index >= 15 is 0 Å². The lowest BCUT2D eigenvalue weighted by atomic mass is 9.99.